The highest BCUT2D eigenvalue weighted by Crippen LogP contribution is 2.25. The van der Waals surface area contributed by atoms with Crippen LogP contribution in [0.3, 0.4) is 0 Å². The minimum absolute atomic E-state index is 0.336. The van der Waals surface area contributed by atoms with Crippen molar-refractivity contribution in [1.29, 1.82) is 0 Å². The Hall–Kier alpha value is -4.35. The Bertz CT molecular complexity index is 1410. The van der Waals surface area contributed by atoms with Crippen molar-refractivity contribution in [1.82, 2.24) is 31.2 Å². The molecule has 2 fully saturated rings. The number of aryl methyl sites for hydroxylation is 1. The van der Waals surface area contributed by atoms with Gasteiger partial charge in [0.25, 0.3) is 17.7 Å². The summed E-state index contributed by atoms with van der Waals surface area (Å²) in [7, 11) is 0. The molecule has 0 radical (unpaired) electrons. The second-order valence-electron chi connectivity index (χ2n) is 9.69. The number of rotatable bonds is 7. The number of hydrogen-bond acceptors (Lipinski definition) is 8. The molecule has 202 valence electrons. The largest absolute Gasteiger partial charge is 0.489 e. The molecule has 11 heteroatoms. The molecule has 5 rings (SSSR count). The van der Waals surface area contributed by atoms with Crippen LogP contribution >= 0.6 is 0 Å². The topological polar surface area (TPSA) is 142 Å². The minimum atomic E-state index is -1.76. The Balaban J connectivity index is 1.29. The predicted molar refractivity (Wildman–Crippen MR) is 143 cm³/mol. The zero-order valence-corrected chi connectivity index (χ0v) is 21.7. The zero-order valence-electron chi connectivity index (χ0n) is 21.7. The van der Waals surface area contributed by atoms with Crippen molar-refractivity contribution in [3.63, 3.8) is 0 Å². The molecule has 0 aliphatic carbocycles. The average Bonchev–Trinajstić information content (AvgIpc) is 2.92. The van der Waals surface area contributed by atoms with Crippen molar-refractivity contribution in [2.45, 2.75) is 32.0 Å². The third-order valence-corrected chi connectivity index (χ3v) is 7.18. The molecule has 3 aromatic rings. The van der Waals surface area contributed by atoms with E-state index in [9.17, 15) is 19.2 Å². The maximum atomic E-state index is 13.2. The average molecular weight is 531 g/mol. The number of nitrogens with one attached hydrogen (secondary N) is 4. The zero-order chi connectivity index (χ0) is 27.6. The normalized spacial score (nSPS) is 18.3. The number of urea groups is 1. The van der Waals surface area contributed by atoms with Crippen LogP contribution in [0, 0.1) is 6.92 Å². The number of amides is 5. The number of pyridine rings is 1. The smallest absolute Gasteiger partial charge is 0.328 e. The number of barbiturate groups is 1. The van der Waals surface area contributed by atoms with Gasteiger partial charge in [-0.15, -0.1) is 0 Å². The Morgan fingerprint density at radius 3 is 2.41 bits per heavy atom. The van der Waals surface area contributed by atoms with E-state index in [4.69, 9.17) is 4.74 Å². The van der Waals surface area contributed by atoms with Gasteiger partial charge in [-0.1, -0.05) is 18.2 Å². The lowest BCUT2D eigenvalue weighted by Gasteiger charge is -2.47. The van der Waals surface area contributed by atoms with Gasteiger partial charge in [0.15, 0.2) is 0 Å². The first-order chi connectivity index (χ1) is 18.8. The van der Waals surface area contributed by atoms with E-state index in [0.29, 0.717) is 44.1 Å². The van der Waals surface area contributed by atoms with E-state index in [1.54, 1.807) is 36.1 Å². The predicted octanol–water partition coefficient (Wildman–Crippen LogP) is 1.25. The van der Waals surface area contributed by atoms with Crippen LogP contribution in [0.1, 0.15) is 28.5 Å². The molecular weight excluding hydrogens is 500 g/mol. The molecule has 0 saturated carbocycles. The SMILES string of the molecule is Cc1cc(COc2ccc(C(=O)NC(C)C3(N4CCNCC4)C(=O)NC(=O)NC3=O)cc2)c2ccccc2n1. The summed E-state index contributed by atoms with van der Waals surface area (Å²) in [6, 6.07) is 14.7. The maximum absolute atomic E-state index is 13.2. The summed E-state index contributed by atoms with van der Waals surface area (Å²) in [5.74, 6) is -1.39. The van der Waals surface area contributed by atoms with Crippen molar-refractivity contribution >= 4 is 34.7 Å². The summed E-state index contributed by atoms with van der Waals surface area (Å²) in [6.07, 6.45) is 0. The molecule has 1 unspecified atom stereocenters. The summed E-state index contributed by atoms with van der Waals surface area (Å²) in [5.41, 5.74) is 1.38. The standard InChI is InChI=1S/C28H30N6O5/c1-17-15-20(22-5-3-4-6-23(22)30-17)16-39-21-9-7-19(8-10-21)24(35)31-18(2)28(34-13-11-29-12-14-34)25(36)32-27(38)33-26(28)37/h3-10,15,18,29H,11-14,16H2,1-2H3,(H,31,35)(H2,32,33,36,37,38). The maximum Gasteiger partial charge on any atom is 0.328 e. The van der Waals surface area contributed by atoms with Crippen LogP contribution in [0.5, 0.6) is 5.75 Å². The van der Waals surface area contributed by atoms with Crippen molar-refractivity contribution in [3.8, 4) is 5.75 Å². The molecule has 0 spiro atoms. The van der Waals surface area contributed by atoms with Gasteiger partial charge in [-0.2, -0.15) is 0 Å². The number of fused-ring (bicyclic) bond motifs is 1. The number of imide groups is 2. The quantitative estimate of drug-likeness (QED) is 0.335. The highest BCUT2D eigenvalue weighted by Gasteiger charge is 2.58. The molecule has 3 heterocycles. The summed E-state index contributed by atoms with van der Waals surface area (Å²) < 4.78 is 5.99. The van der Waals surface area contributed by atoms with Crippen LogP contribution in [0.4, 0.5) is 4.79 Å². The highest BCUT2D eigenvalue weighted by molar-refractivity contribution is 6.23. The molecule has 11 nitrogen and oxygen atoms in total. The second-order valence-corrected chi connectivity index (χ2v) is 9.69. The third-order valence-electron chi connectivity index (χ3n) is 7.18. The molecule has 2 aromatic carbocycles. The molecule has 5 amide bonds. The molecule has 0 bridgehead atoms. The van der Waals surface area contributed by atoms with E-state index >= 15 is 0 Å². The van der Waals surface area contributed by atoms with Gasteiger partial charge in [0.2, 0.25) is 5.54 Å². The van der Waals surface area contributed by atoms with E-state index in [2.05, 4.69) is 26.3 Å². The number of nitrogens with zero attached hydrogens (tertiary/aromatic N) is 2. The van der Waals surface area contributed by atoms with Crippen LogP contribution in [-0.2, 0) is 16.2 Å². The molecule has 1 aromatic heterocycles. The van der Waals surface area contributed by atoms with E-state index in [-0.39, 0.29) is 0 Å². The monoisotopic (exact) mass is 530 g/mol. The number of para-hydroxylation sites is 1. The molecule has 2 saturated heterocycles. The fourth-order valence-corrected chi connectivity index (χ4v) is 5.27. The van der Waals surface area contributed by atoms with Gasteiger partial charge in [-0.25, -0.2) is 4.79 Å². The van der Waals surface area contributed by atoms with Crippen molar-refractivity contribution in [2.75, 3.05) is 26.2 Å². The second kappa shape index (κ2) is 10.8. The number of hydrogen-bond donors (Lipinski definition) is 4. The molecule has 39 heavy (non-hydrogen) atoms. The van der Waals surface area contributed by atoms with Gasteiger partial charge in [-0.05, 0) is 50.2 Å². The molecule has 4 N–H and O–H groups in total. The van der Waals surface area contributed by atoms with E-state index in [1.165, 1.54) is 0 Å². The Kier molecular flexibility index (Phi) is 7.27. The molecule has 2 aliphatic heterocycles. The van der Waals surface area contributed by atoms with Crippen LogP contribution in [0.25, 0.3) is 10.9 Å². The van der Waals surface area contributed by atoms with Gasteiger partial charge < -0.3 is 15.4 Å². The number of benzene rings is 2. The summed E-state index contributed by atoms with van der Waals surface area (Å²) >= 11 is 0. The van der Waals surface area contributed by atoms with Crippen LogP contribution in [0.2, 0.25) is 0 Å². The Morgan fingerprint density at radius 2 is 1.72 bits per heavy atom. The molecule has 1 atom stereocenters. The van der Waals surface area contributed by atoms with E-state index in [1.807, 2.05) is 37.3 Å². The van der Waals surface area contributed by atoms with Crippen molar-refractivity contribution < 1.29 is 23.9 Å². The lowest BCUT2D eigenvalue weighted by atomic mass is 9.84. The van der Waals surface area contributed by atoms with Crippen LogP contribution in [0.15, 0.2) is 54.6 Å². The molecular formula is C28H30N6O5. The summed E-state index contributed by atoms with van der Waals surface area (Å²) in [4.78, 5) is 57.4. The number of ether oxygens (including phenoxy) is 1. The van der Waals surface area contributed by atoms with Gasteiger partial charge in [0.1, 0.15) is 12.4 Å². The van der Waals surface area contributed by atoms with Gasteiger partial charge in [0.05, 0.1) is 11.6 Å². The number of carbonyl (C=O) groups is 4. The van der Waals surface area contributed by atoms with Crippen LogP contribution < -0.4 is 26.0 Å². The fraction of sp³-hybridized carbons (Fsp3) is 0.321. The Labute approximate surface area is 225 Å². The van der Waals surface area contributed by atoms with E-state index in [0.717, 1.165) is 22.2 Å². The lowest BCUT2D eigenvalue weighted by molar-refractivity contribution is -0.150. The summed E-state index contributed by atoms with van der Waals surface area (Å²) in [5, 5.41) is 11.4. The van der Waals surface area contributed by atoms with Gasteiger partial charge in [0, 0.05) is 48.4 Å². The summed E-state index contributed by atoms with van der Waals surface area (Å²) in [6.45, 7) is 5.78. The van der Waals surface area contributed by atoms with Gasteiger partial charge >= 0.3 is 6.03 Å². The van der Waals surface area contributed by atoms with Crippen molar-refractivity contribution in [2.24, 2.45) is 0 Å². The first-order valence-corrected chi connectivity index (χ1v) is 12.8. The number of carbonyl (C=O) groups excluding carboxylic acids is 4. The van der Waals surface area contributed by atoms with E-state index < -0.39 is 35.3 Å². The first kappa shape index (κ1) is 26.3. The van der Waals surface area contributed by atoms with Crippen LogP contribution in [-0.4, -0.2) is 71.4 Å². The lowest BCUT2D eigenvalue weighted by Crippen LogP contribution is -2.80. The number of aromatic nitrogens is 1. The van der Waals surface area contributed by atoms with Gasteiger partial charge in [-0.3, -0.25) is 34.9 Å². The fourth-order valence-electron chi connectivity index (χ4n) is 5.27. The minimum Gasteiger partial charge on any atom is -0.489 e. The number of piperazine rings is 1. The molecule has 2 aliphatic rings. The first-order valence-electron chi connectivity index (χ1n) is 12.8. The highest BCUT2D eigenvalue weighted by atomic mass is 16.5. The third kappa shape index (κ3) is 5.06. The van der Waals surface area contributed by atoms with Crippen molar-refractivity contribution in [3.05, 3.63) is 71.4 Å². The Morgan fingerprint density at radius 1 is 1.05 bits per heavy atom.